The highest BCUT2D eigenvalue weighted by molar-refractivity contribution is 5.84. The molecule has 1 aromatic heterocycles. The monoisotopic (exact) mass is 229 g/mol. The van der Waals surface area contributed by atoms with E-state index in [4.69, 9.17) is 0 Å². The van der Waals surface area contributed by atoms with E-state index in [1.54, 1.807) is 0 Å². The van der Waals surface area contributed by atoms with E-state index in [9.17, 15) is 4.79 Å². The Balaban J connectivity index is 1.98. The maximum atomic E-state index is 11.1. The highest BCUT2D eigenvalue weighted by atomic mass is 16.1. The Labute approximate surface area is 99.6 Å². The maximum Gasteiger partial charge on any atom is 0.143 e. The fourth-order valence-electron chi connectivity index (χ4n) is 2.36. The van der Waals surface area contributed by atoms with Crippen molar-refractivity contribution in [1.82, 2.24) is 10.3 Å². The number of H-pyrrole nitrogens is 1. The quantitative estimate of drug-likeness (QED) is 0.759. The van der Waals surface area contributed by atoms with Gasteiger partial charge in [-0.05, 0) is 12.1 Å². The molecule has 88 valence electrons. The van der Waals surface area contributed by atoms with E-state index >= 15 is 0 Å². The lowest BCUT2D eigenvalue weighted by Crippen LogP contribution is -2.52. The number of hydrogen-bond acceptors (Lipinski definition) is 3. The molecule has 17 heavy (non-hydrogen) atoms. The van der Waals surface area contributed by atoms with Crippen molar-refractivity contribution in [2.75, 3.05) is 24.5 Å². The molecular weight excluding hydrogens is 214 g/mol. The standard InChI is InChI=1S/C13H15N3O/c17-9-11-8-14-5-6-16(11)13-7-10-3-1-2-4-12(10)15-13/h1-4,7,9,11,14-15H,5-6,8H2. The summed E-state index contributed by atoms with van der Waals surface area (Å²) in [6.07, 6.45) is 1.01. The van der Waals surface area contributed by atoms with Gasteiger partial charge >= 0.3 is 0 Å². The van der Waals surface area contributed by atoms with Crippen LogP contribution in [-0.2, 0) is 4.79 Å². The summed E-state index contributed by atoms with van der Waals surface area (Å²) in [6, 6.07) is 10.2. The normalized spacial score (nSPS) is 20.7. The summed E-state index contributed by atoms with van der Waals surface area (Å²) in [5, 5.41) is 4.42. The molecule has 1 unspecified atom stereocenters. The zero-order valence-electron chi connectivity index (χ0n) is 9.52. The van der Waals surface area contributed by atoms with Crippen LogP contribution in [-0.4, -0.2) is 36.9 Å². The number of aromatic amines is 1. The van der Waals surface area contributed by atoms with Crippen molar-refractivity contribution in [3.05, 3.63) is 30.3 Å². The maximum absolute atomic E-state index is 11.1. The molecule has 3 rings (SSSR count). The first-order valence-corrected chi connectivity index (χ1v) is 5.89. The van der Waals surface area contributed by atoms with Gasteiger partial charge in [0.25, 0.3) is 0 Å². The minimum Gasteiger partial charge on any atom is -0.346 e. The third kappa shape index (κ3) is 1.80. The molecule has 2 N–H and O–H groups in total. The molecule has 1 saturated heterocycles. The summed E-state index contributed by atoms with van der Waals surface area (Å²) in [7, 11) is 0. The number of aldehydes is 1. The summed E-state index contributed by atoms with van der Waals surface area (Å²) in [5.41, 5.74) is 1.12. The van der Waals surface area contributed by atoms with Crippen LogP contribution in [0.2, 0.25) is 0 Å². The summed E-state index contributed by atoms with van der Waals surface area (Å²) >= 11 is 0. The van der Waals surface area contributed by atoms with E-state index in [1.165, 1.54) is 5.39 Å². The Morgan fingerprint density at radius 1 is 1.35 bits per heavy atom. The van der Waals surface area contributed by atoms with Gasteiger partial charge in [-0.3, -0.25) is 0 Å². The first-order valence-electron chi connectivity index (χ1n) is 5.89. The van der Waals surface area contributed by atoms with E-state index in [0.29, 0.717) is 0 Å². The minimum atomic E-state index is -0.0724. The topological polar surface area (TPSA) is 48.1 Å². The average molecular weight is 229 g/mol. The van der Waals surface area contributed by atoms with E-state index in [0.717, 1.165) is 37.3 Å². The lowest BCUT2D eigenvalue weighted by Gasteiger charge is -2.33. The highest BCUT2D eigenvalue weighted by Crippen LogP contribution is 2.23. The lowest BCUT2D eigenvalue weighted by atomic mass is 10.2. The zero-order chi connectivity index (χ0) is 11.7. The molecule has 1 aliphatic rings. The number of carbonyl (C=O) groups excluding carboxylic acids is 1. The average Bonchev–Trinajstić information content (AvgIpc) is 2.82. The highest BCUT2D eigenvalue weighted by Gasteiger charge is 2.22. The van der Waals surface area contributed by atoms with Crippen molar-refractivity contribution in [3.63, 3.8) is 0 Å². The summed E-state index contributed by atoms with van der Waals surface area (Å²) in [4.78, 5) is 16.6. The lowest BCUT2D eigenvalue weighted by molar-refractivity contribution is -0.109. The number of nitrogens with zero attached hydrogens (tertiary/aromatic N) is 1. The largest absolute Gasteiger partial charge is 0.346 e. The summed E-state index contributed by atoms with van der Waals surface area (Å²) < 4.78 is 0. The van der Waals surface area contributed by atoms with Crippen molar-refractivity contribution in [2.45, 2.75) is 6.04 Å². The number of benzene rings is 1. The molecule has 0 spiro atoms. The molecule has 0 aliphatic carbocycles. The predicted molar refractivity (Wildman–Crippen MR) is 68.4 cm³/mol. The molecule has 2 heterocycles. The van der Waals surface area contributed by atoms with Crippen LogP contribution in [0, 0.1) is 0 Å². The number of fused-ring (bicyclic) bond motifs is 1. The van der Waals surface area contributed by atoms with E-state index in [1.807, 2.05) is 12.1 Å². The van der Waals surface area contributed by atoms with Crippen molar-refractivity contribution in [3.8, 4) is 0 Å². The van der Waals surface area contributed by atoms with Gasteiger partial charge in [0.1, 0.15) is 12.1 Å². The van der Waals surface area contributed by atoms with Crippen LogP contribution in [0.15, 0.2) is 30.3 Å². The number of aromatic nitrogens is 1. The van der Waals surface area contributed by atoms with Gasteiger partial charge in [-0.2, -0.15) is 0 Å². The second kappa shape index (κ2) is 4.22. The van der Waals surface area contributed by atoms with Gasteiger partial charge in [0.2, 0.25) is 0 Å². The van der Waals surface area contributed by atoms with Gasteiger partial charge in [0, 0.05) is 30.5 Å². The first kappa shape index (κ1) is 10.4. The number of piperazine rings is 1. The third-order valence-corrected chi connectivity index (χ3v) is 3.27. The molecule has 0 amide bonds. The van der Waals surface area contributed by atoms with Crippen LogP contribution >= 0.6 is 0 Å². The zero-order valence-corrected chi connectivity index (χ0v) is 9.52. The fourth-order valence-corrected chi connectivity index (χ4v) is 2.36. The summed E-state index contributed by atoms with van der Waals surface area (Å²) in [6.45, 7) is 2.49. The Morgan fingerprint density at radius 3 is 3.06 bits per heavy atom. The van der Waals surface area contributed by atoms with Crippen molar-refractivity contribution >= 4 is 23.0 Å². The molecule has 2 aromatic rings. The molecule has 4 nitrogen and oxygen atoms in total. The first-order chi connectivity index (χ1) is 8.38. The number of nitrogens with one attached hydrogen (secondary N) is 2. The molecule has 0 radical (unpaired) electrons. The van der Waals surface area contributed by atoms with Gasteiger partial charge in [-0.1, -0.05) is 18.2 Å². The van der Waals surface area contributed by atoms with Crippen molar-refractivity contribution in [2.24, 2.45) is 0 Å². The molecule has 1 atom stereocenters. The van der Waals surface area contributed by atoms with Crippen LogP contribution in [0.4, 0.5) is 5.82 Å². The third-order valence-electron chi connectivity index (χ3n) is 3.27. The Kier molecular flexibility index (Phi) is 2.57. The van der Waals surface area contributed by atoms with Crippen LogP contribution in [0.5, 0.6) is 0 Å². The van der Waals surface area contributed by atoms with Crippen LogP contribution in [0.3, 0.4) is 0 Å². The van der Waals surface area contributed by atoms with Crippen molar-refractivity contribution < 1.29 is 4.79 Å². The van der Waals surface area contributed by atoms with E-state index in [-0.39, 0.29) is 6.04 Å². The van der Waals surface area contributed by atoms with E-state index in [2.05, 4.69) is 33.4 Å². The van der Waals surface area contributed by atoms with Crippen LogP contribution in [0.25, 0.3) is 10.9 Å². The van der Waals surface area contributed by atoms with Crippen molar-refractivity contribution in [1.29, 1.82) is 0 Å². The number of hydrogen-bond donors (Lipinski definition) is 2. The number of rotatable bonds is 2. The number of anilines is 1. The molecule has 1 aromatic carbocycles. The summed E-state index contributed by atoms with van der Waals surface area (Å²) in [5.74, 6) is 1.03. The van der Waals surface area contributed by atoms with E-state index < -0.39 is 0 Å². The Morgan fingerprint density at radius 2 is 2.24 bits per heavy atom. The molecule has 0 saturated carbocycles. The fraction of sp³-hybridized carbons (Fsp3) is 0.308. The van der Waals surface area contributed by atoms with Gasteiger partial charge < -0.3 is 20.0 Å². The second-order valence-electron chi connectivity index (χ2n) is 4.34. The second-order valence-corrected chi connectivity index (χ2v) is 4.34. The SMILES string of the molecule is O=CC1CNCCN1c1cc2ccccc2[nH]1. The smallest absolute Gasteiger partial charge is 0.143 e. The molecule has 1 aliphatic heterocycles. The Bertz CT molecular complexity index is 501. The van der Waals surface area contributed by atoms with Crippen LogP contribution in [0.1, 0.15) is 0 Å². The number of carbonyl (C=O) groups is 1. The minimum absolute atomic E-state index is 0.0724. The van der Waals surface area contributed by atoms with Gasteiger partial charge in [-0.25, -0.2) is 0 Å². The molecule has 1 fully saturated rings. The number of para-hydroxylation sites is 1. The molecular formula is C13H15N3O. The van der Waals surface area contributed by atoms with Crippen LogP contribution < -0.4 is 10.2 Å². The Hall–Kier alpha value is -1.81. The van der Waals surface area contributed by atoms with Gasteiger partial charge in [-0.15, -0.1) is 0 Å². The van der Waals surface area contributed by atoms with Gasteiger partial charge in [0.05, 0.1) is 6.04 Å². The predicted octanol–water partition coefficient (Wildman–Crippen LogP) is 1.14. The molecule has 0 bridgehead atoms. The molecule has 4 heteroatoms. The van der Waals surface area contributed by atoms with Gasteiger partial charge in [0.15, 0.2) is 0 Å².